The first-order valence-corrected chi connectivity index (χ1v) is 9.23. The van der Waals surface area contributed by atoms with Crippen molar-refractivity contribution in [1.29, 1.82) is 0 Å². The first-order chi connectivity index (χ1) is 12.1. The summed E-state index contributed by atoms with van der Waals surface area (Å²) in [6.45, 7) is 2.59. The molecule has 1 saturated carbocycles. The second-order valence-electron chi connectivity index (χ2n) is 7.42. The van der Waals surface area contributed by atoms with Crippen LogP contribution in [0.1, 0.15) is 37.7 Å². The number of carboxylic acids is 1. The van der Waals surface area contributed by atoms with E-state index in [1.807, 2.05) is 12.1 Å². The number of hydrogen-bond donors (Lipinski definition) is 2. The van der Waals surface area contributed by atoms with Crippen LogP contribution in [-0.2, 0) is 16.1 Å². The maximum atomic E-state index is 12.6. The van der Waals surface area contributed by atoms with Crippen LogP contribution in [0, 0.1) is 17.8 Å². The molecular weight excluding hydrogens is 318 g/mol. The Morgan fingerprint density at radius 2 is 2.00 bits per heavy atom. The summed E-state index contributed by atoms with van der Waals surface area (Å²) in [6, 6.07) is 3.76. The molecule has 2 N–H and O–H groups in total. The van der Waals surface area contributed by atoms with Crippen LogP contribution < -0.4 is 5.32 Å². The molecule has 1 aromatic heterocycles. The monoisotopic (exact) mass is 345 g/mol. The molecule has 2 aliphatic rings. The summed E-state index contributed by atoms with van der Waals surface area (Å²) in [7, 11) is 0. The third-order valence-electron chi connectivity index (χ3n) is 5.43. The van der Waals surface area contributed by atoms with Gasteiger partial charge in [0, 0.05) is 38.6 Å². The van der Waals surface area contributed by atoms with Crippen molar-refractivity contribution >= 4 is 11.9 Å². The van der Waals surface area contributed by atoms with Crippen molar-refractivity contribution in [3.8, 4) is 0 Å². The highest BCUT2D eigenvalue weighted by molar-refractivity contribution is 5.80. The highest BCUT2D eigenvalue weighted by Crippen LogP contribution is 2.29. The average molecular weight is 345 g/mol. The van der Waals surface area contributed by atoms with E-state index in [9.17, 15) is 14.7 Å². The van der Waals surface area contributed by atoms with E-state index in [0.29, 0.717) is 32.0 Å². The second kappa shape index (κ2) is 8.43. The maximum Gasteiger partial charge on any atom is 0.307 e. The van der Waals surface area contributed by atoms with E-state index in [0.717, 1.165) is 12.1 Å². The smallest absolute Gasteiger partial charge is 0.307 e. The van der Waals surface area contributed by atoms with Crippen LogP contribution in [0.4, 0.5) is 0 Å². The highest BCUT2D eigenvalue weighted by atomic mass is 16.4. The molecule has 0 radical (unpaired) electrons. The fourth-order valence-electron chi connectivity index (χ4n) is 4.10. The zero-order valence-electron chi connectivity index (χ0n) is 14.6. The Bertz CT molecular complexity index is 587. The van der Waals surface area contributed by atoms with Crippen molar-refractivity contribution in [2.75, 3.05) is 19.6 Å². The summed E-state index contributed by atoms with van der Waals surface area (Å²) in [5.41, 5.74) is 0.948. The Labute approximate surface area is 148 Å². The third-order valence-corrected chi connectivity index (χ3v) is 5.43. The van der Waals surface area contributed by atoms with Crippen LogP contribution in [0.25, 0.3) is 0 Å². The number of pyridine rings is 1. The molecule has 1 saturated heterocycles. The van der Waals surface area contributed by atoms with Crippen LogP contribution >= 0.6 is 0 Å². The zero-order valence-corrected chi connectivity index (χ0v) is 14.6. The molecule has 1 aliphatic heterocycles. The highest BCUT2D eigenvalue weighted by Gasteiger charge is 2.35. The Morgan fingerprint density at radius 3 is 2.68 bits per heavy atom. The maximum absolute atomic E-state index is 12.6. The van der Waals surface area contributed by atoms with Gasteiger partial charge in [0.15, 0.2) is 0 Å². The quantitative estimate of drug-likeness (QED) is 0.823. The lowest BCUT2D eigenvalue weighted by atomic mass is 9.87. The van der Waals surface area contributed by atoms with Crippen LogP contribution in [-0.4, -0.2) is 46.5 Å². The SMILES string of the molecule is O=C(O)[C@H]1C[C@H](C(=O)NCc2cccnc2)CN(CC2CCCC2)C1. The molecule has 2 atom stereocenters. The average Bonchev–Trinajstić information content (AvgIpc) is 3.13. The Kier molecular flexibility index (Phi) is 6.02. The van der Waals surface area contributed by atoms with Gasteiger partial charge in [-0.15, -0.1) is 0 Å². The fraction of sp³-hybridized carbons (Fsp3) is 0.632. The summed E-state index contributed by atoms with van der Waals surface area (Å²) < 4.78 is 0. The predicted octanol–water partition coefficient (Wildman–Crippen LogP) is 1.91. The largest absolute Gasteiger partial charge is 0.481 e. The minimum atomic E-state index is -0.791. The number of nitrogens with zero attached hydrogens (tertiary/aromatic N) is 2. The Morgan fingerprint density at radius 1 is 1.24 bits per heavy atom. The number of carbonyl (C=O) groups is 2. The molecule has 1 aliphatic carbocycles. The van der Waals surface area contributed by atoms with E-state index in [-0.39, 0.29) is 11.8 Å². The lowest BCUT2D eigenvalue weighted by Gasteiger charge is -2.36. The first kappa shape index (κ1) is 17.9. The van der Waals surface area contributed by atoms with Gasteiger partial charge in [0.05, 0.1) is 11.8 Å². The fourth-order valence-corrected chi connectivity index (χ4v) is 4.10. The number of amides is 1. The lowest BCUT2D eigenvalue weighted by molar-refractivity contribution is -0.145. The van der Waals surface area contributed by atoms with E-state index in [4.69, 9.17) is 0 Å². The number of piperidine rings is 1. The molecule has 25 heavy (non-hydrogen) atoms. The van der Waals surface area contributed by atoms with Crippen molar-refractivity contribution in [3.05, 3.63) is 30.1 Å². The molecule has 136 valence electrons. The molecule has 1 aromatic rings. The van der Waals surface area contributed by atoms with Gasteiger partial charge in [-0.25, -0.2) is 0 Å². The van der Waals surface area contributed by atoms with Gasteiger partial charge in [-0.3, -0.25) is 14.6 Å². The molecule has 2 fully saturated rings. The first-order valence-electron chi connectivity index (χ1n) is 9.23. The molecule has 0 unspecified atom stereocenters. The molecule has 3 rings (SSSR count). The van der Waals surface area contributed by atoms with Gasteiger partial charge >= 0.3 is 5.97 Å². The van der Waals surface area contributed by atoms with Gasteiger partial charge in [0.25, 0.3) is 0 Å². The predicted molar refractivity (Wildman–Crippen MR) is 93.7 cm³/mol. The molecule has 6 nitrogen and oxygen atoms in total. The van der Waals surface area contributed by atoms with Crippen molar-refractivity contribution in [2.24, 2.45) is 17.8 Å². The number of aromatic nitrogens is 1. The van der Waals surface area contributed by atoms with E-state index in [2.05, 4.69) is 15.2 Å². The van der Waals surface area contributed by atoms with Gasteiger partial charge in [0.1, 0.15) is 0 Å². The normalized spacial score (nSPS) is 25.0. The Balaban J connectivity index is 1.57. The molecule has 1 amide bonds. The molecule has 0 bridgehead atoms. The summed E-state index contributed by atoms with van der Waals surface area (Å²) in [4.78, 5) is 30.3. The summed E-state index contributed by atoms with van der Waals surface area (Å²) in [5.74, 6) is -0.892. The number of carboxylic acid groups (broad SMARTS) is 1. The minimum Gasteiger partial charge on any atom is -0.481 e. The van der Waals surface area contributed by atoms with Crippen LogP contribution in [0.2, 0.25) is 0 Å². The number of rotatable bonds is 6. The van der Waals surface area contributed by atoms with E-state index in [1.54, 1.807) is 12.4 Å². The van der Waals surface area contributed by atoms with Crippen molar-refractivity contribution < 1.29 is 14.7 Å². The number of hydrogen-bond acceptors (Lipinski definition) is 4. The molecule has 0 spiro atoms. The standard InChI is InChI=1S/C19H27N3O3/c23-18(21-10-15-6-3-7-20-9-15)16-8-17(19(24)25)13-22(12-16)11-14-4-1-2-5-14/h3,6-7,9,14,16-17H,1-2,4-5,8,10-13H2,(H,21,23)(H,24,25)/t16-,17-/m0/s1. The zero-order chi connectivity index (χ0) is 17.6. The van der Waals surface area contributed by atoms with Gasteiger partial charge in [-0.2, -0.15) is 0 Å². The summed E-state index contributed by atoms with van der Waals surface area (Å²) in [6.07, 6.45) is 8.86. The number of likely N-dealkylation sites (tertiary alicyclic amines) is 1. The molecule has 0 aromatic carbocycles. The van der Waals surface area contributed by atoms with Crippen molar-refractivity contribution in [3.63, 3.8) is 0 Å². The number of nitrogens with one attached hydrogen (secondary N) is 1. The van der Waals surface area contributed by atoms with E-state index in [1.165, 1.54) is 25.7 Å². The van der Waals surface area contributed by atoms with E-state index < -0.39 is 11.9 Å². The van der Waals surface area contributed by atoms with Gasteiger partial charge in [-0.05, 0) is 36.8 Å². The van der Waals surface area contributed by atoms with E-state index >= 15 is 0 Å². The number of aliphatic carboxylic acids is 1. The Hall–Kier alpha value is -1.95. The summed E-state index contributed by atoms with van der Waals surface area (Å²) >= 11 is 0. The van der Waals surface area contributed by atoms with Crippen molar-refractivity contribution in [2.45, 2.75) is 38.6 Å². The second-order valence-corrected chi connectivity index (χ2v) is 7.42. The molecule has 6 heteroatoms. The van der Waals surface area contributed by atoms with Gasteiger partial charge in [0.2, 0.25) is 5.91 Å². The minimum absolute atomic E-state index is 0.0498. The van der Waals surface area contributed by atoms with Crippen LogP contribution in [0.15, 0.2) is 24.5 Å². The topological polar surface area (TPSA) is 82.5 Å². The van der Waals surface area contributed by atoms with Gasteiger partial charge in [-0.1, -0.05) is 18.9 Å². The van der Waals surface area contributed by atoms with Crippen LogP contribution in [0.3, 0.4) is 0 Å². The van der Waals surface area contributed by atoms with Crippen molar-refractivity contribution in [1.82, 2.24) is 15.2 Å². The number of carbonyl (C=O) groups excluding carboxylic acids is 1. The molecule has 2 heterocycles. The van der Waals surface area contributed by atoms with Gasteiger partial charge < -0.3 is 15.3 Å². The van der Waals surface area contributed by atoms with Crippen LogP contribution in [0.5, 0.6) is 0 Å². The summed E-state index contributed by atoms with van der Waals surface area (Å²) in [5, 5.41) is 12.4. The molecular formula is C19H27N3O3. The third kappa shape index (κ3) is 5.01. The lowest BCUT2D eigenvalue weighted by Crippen LogP contribution is -2.49.